The Kier molecular flexibility index (Phi) is 5.95. The third-order valence-electron chi connectivity index (χ3n) is 1.17. The van der Waals surface area contributed by atoms with Crippen molar-refractivity contribution in [2.24, 2.45) is 11.8 Å². The number of hydrogen-bond acceptors (Lipinski definition) is 1. The average Bonchev–Trinajstić information content (AvgIpc) is 1.58. The first-order valence-electron chi connectivity index (χ1n) is 3.98. The Labute approximate surface area is 80.4 Å². The Bertz CT molecular complexity index is 71.3. The molecule has 0 saturated carbocycles. The van der Waals surface area contributed by atoms with Gasteiger partial charge in [-0.25, -0.2) is 0 Å². The van der Waals surface area contributed by atoms with E-state index in [0.717, 1.165) is 11.8 Å². The van der Waals surface area contributed by atoms with Crippen LogP contribution in [0.3, 0.4) is 0 Å². The van der Waals surface area contributed by atoms with Crippen molar-refractivity contribution in [2.75, 3.05) is 13.1 Å². The van der Waals surface area contributed by atoms with Gasteiger partial charge < -0.3 is 0 Å². The van der Waals surface area contributed by atoms with Crippen molar-refractivity contribution in [3.8, 4) is 0 Å². The molecule has 59 valence electrons. The zero-order chi connectivity index (χ0) is 8.15. The standard InChI is InChI=1S/C8H18N.Zr/c1-7(2)5-9-6-8(3)4;/h7-8H,5-6H2,1-4H3;/q-1;+1. The molecular weight excluding hydrogens is 201 g/mol. The average molecular weight is 219 g/mol. The minimum atomic E-state index is 0.818. The van der Waals surface area contributed by atoms with Gasteiger partial charge in [-0.3, -0.25) is 0 Å². The summed E-state index contributed by atoms with van der Waals surface area (Å²) in [6, 6.07) is 0. The van der Waals surface area contributed by atoms with Crippen LogP contribution in [0.25, 0.3) is 0 Å². The molecule has 0 heterocycles. The van der Waals surface area contributed by atoms with Crippen LogP contribution in [-0.2, 0) is 25.0 Å². The molecule has 1 nitrogen and oxygen atoms in total. The quantitative estimate of drug-likeness (QED) is 0.700. The number of hydrogen-bond donors (Lipinski definition) is 0. The molecule has 2 heteroatoms. The van der Waals surface area contributed by atoms with E-state index in [1.807, 2.05) is 0 Å². The van der Waals surface area contributed by atoms with Crippen LogP contribution in [0.4, 0.5) is 0 Å². The van der Waals surface area contributed by atoms with Gasteiger partial charge >= 0.3 is 80.5 Å². The van der Waals surface area contributed by atoms with E-state index in [1.165, 1.54) is 13.1 Å². The van der Waals surface area contributed by atoms with Crippen LogP contribution in [0.15, 0.2) is 0 Å². The molecule has 0 atom stereocenters. The Morgan fingerprint density at radius 1 is 1.00 bits per heavy atom. The fraction of sp³-hybridized carbons (Fsp3) is 1.00. The summed E-state index contributed by atoms with van der Waals surface area (Å²) in [6.07, 6.45) is 0. The van der Waals surface area contributed by atoms with Gasteiger partial charge in [0.15, 0.2) is 0 Å². The maximum absolute atomic E-state index is 2.49. The molecule has 0 spiro atoms. The monoisotopic (exact) mass is 218 g/mol. The van der Waals surface area contributed by atoms with Gasteiger partial charge in [-0.15, -0.1) is 0 Å². The van der Waals surface area contributed by atoms with Crippen molar-refractivity contribution < 1.29 is 25.0 Å². The van der Waals surface area contributed by atoms with Gasteiger partial charge in [0.25, 0.3) is 0 Å². The minimum absolute atomic E-state index is 0.818. The van der Waals surface area contributed by atoms with Crippen molar-refractivity contribution in [1.29, 1.82) is 0 Å². The van der Waals surface area contributed by atoms with E-state index in [0.29, 0.717) is 0 Å². The third kappa shape index (κ3) is 6.96. The zero-order valence-electron chi connectivity index (χ0n) is 7.52. The summed E-state index contributed by atoms with van der Waals surface area (Å²) in [5.41, 5.74) is 0. The topological polar surface area (TPSA) is 3.24 Å². The van der Waals surface area contributed by atoms with Crippen LogP contribution in [0.2, 0.25) is 0 Å². The molecule has 0 amide bonds. The molecule has 0 aliphatic carbocycles. The summed E-state index contributed by atoms with van der Waals surface area (Å²) >= 11 is 1.56. The van der Waals surface area contributed by atoms with Crippen molar-refractivity contribution in [3.63, 3.8) is 0 Å². The Morgan fingerprint density at radius 3 is 1.50 bits per heavy atom. The first kappa shape index (κ1) is 10.8. The summed E-state index contributed by atoms with van der Waals surface area (Å²) < 4.78 is 2.49. The van der Waals surface area contributed by atoms with E-state index >= 15 is 0 Å². The molecule has 0 saturated heterocycles. The molecule has 0 fully saturated rings. The molecule has 0 aromatic heterocycles. The molecule has 0 aromatic rings. The van der Waals surface area contributed by atoms with Crippen LogP contribution < -0.4 is 0 Å². The van der Waals surface area contributed by atoms with Gasteiger partial charge in [-0.2, -0.15) is 0 Å². The van der Waals surface area contributed by atoms with E-state index in [4.69, 9.17) is 0 Å². The Morgan fingerprint density at radius 2 is 1.30 bits per heavy atom. The molecule has 0 aliphatic rings. The van der Waals surface area contributed by atoms with Crippen molar-refractivity contribution in [1.82, 2.24) is 2.84 Å². The van der Waals surface area contributed by atoms with Gasteiger partial charge in [0, 0.05) is 0 Å². The van der Waals surface area contributed by atoms with Gasteiger partial charge in [0.2, 0.25) is 0 Å². The van der Waals surface area contributed by atoms with E-state index in [-0.39, 0.29) is 0 Å². The predicted octanol–water partition coefficient (Wildman–Crippen LogP) is 2.06. The Hall–Kier alpha value is 0.843. The molecule has 0 N–H and O–H groups in total. The van der Waals surface area contributed by atoms with Crippen molar-refractivity contribution in [3.05, 3.63) is 0 Å². The molecule has 0 aromatic carbocycles. The van der Waals surface area contributed by atoms with E-state index < -0.39 is 0 Å². The van der Waals surface area contributed by atoms with Crippen molar-refractivity contribution >= 4 is 0 Å². The molecular formula is C8H18NZr. The summed E-state index contributed by atoms with van der Waals surface area (Å²) in [6.45, 7) is 11.6. The molecule has 0 unspecified atom stereocenters. The SMILES string of the molecule is CC(C)C[N]([Zr])CC(C)C. The summed E-state index contributed by atoms with van der Waals surface area (Å²) in [5, 5.41) is 0. The van der Waals surface area contributed by atoms with Crippen LogP contribution >= 0.6 is 0 Å². The first-order chi connectivity index (χ1) is 4.52. The molecule has 0 radical (unpaired) electrons. The molecule has 0 bridgehead atoms. The van der Waals surface area contributed by atoms with Gasteiger partial charge in [0.05, 0.1) is 0 Å². The van der Waals surface area contributed by atoms with Gasteiger partial charge in [0.1, 0.15) is 0 Å². The van der Waals surface area contributed by atoms with Crippen LogP contribution in [0.5, 0.6) is 0 Å². The molecule has 10 heavy (non-hydrogen) atoms. The van der Waals surface area contributed by atoms with Crippen LogP contribution in [-0.4, -0.2) is 15.9 Å². The first-order valence-corrected chi connectivity index (χ1v) is 5.08. The summed E-state index contributed by atoms with van der Waals surface area (Å²) in [7, 11) is 0. The number of rotatable bonds is 4. The second-order valence-corrected chi connectivity index (χ2v) is 5.25. The molecule has 0 aliphatic heterocycles. The molecule has 0 rings (SSSR count). The predicted molar refractivity (Wildman–Crippen MR) is 41.2 cm³/mol. The van der Waals surface area contributed by atoms with E-state index in [9.17, 15) is 0 Å². The van der Waals surface area contributed by atoms with E-state index in [2.05, 4.69) is 30.5 Å². The fourth-order valence-corrected chi connectivity index (χ4v) is 2.75. The Balaban J connectivity index is 3.34. The number of nitrogens with zero attached hydrogens (tertiary/aromatic N) is 1. The summed E-state index contributed by atoms with van der Waals surface area (Å²) in [4.78, 5) is 0. The van der Waals surface area contributed by atoms with E-state index in [1.54, 1.807) is 25.0 Å². The second kappa shape index (κ2) is 5.49. The van der Waals surface area contributed by atoms with Crippen LogP contribution in [0.1, 0.15) is 27.7 Å². The third-order valence-corrected chi connectivity index (χ3v) is 2.07. The van der Waals surface area contributed by atoms with Crippen LogP contribution in [0, 0.1) is 11.8 Å². The normalized spacial score (nSPS) is 11.8. The maximum atomic E-state index is 2.49. The summed E-state index contributed by atoms with van der Waals surface area (Å²) in [5.74, 6) is 1.64. The van der Waals surface area contributed by atoms with Gasteiger partial charge in [-0.1, -0.05) is 0 Å². The van der Waals surface area contributed by atoms with Gasteiger partial charge in [-0.05, 0) is 0 Å². The zero-order valence-corrected chi connectivity index (χ0v) is 9.97. The second-order valence-electron chi connectivity index (χ2n) is 3.69. The van der Waals surface area contributed by atoms with Crippen molar-refractivity contribution in [2.45, 2.75) is 27.7 Å². The fourth-order valence-electron chi connectivity index (χ4n) is 0.956.